The third-order valence-corrected chi connectivity index (χ3v) is 3.67. The molecule has 4 heteroatoms. The van der Waals surface area contributed by atoms with E-state index in [1.165, 1.54) is 12.8 Å². The number of piperazine rings is 1. The van der Waals surface area contributed by atoms with Crippen LogP contribution < -0.4 is 0 Å². The van der Waals surface area contributed by atoms with Crippen LogP contribution in [0.15, 0.2) is 12.7 Å². The topological polar surface area (TPSA) is 26.8 Å². The molecule has 0 atom stereocenters. The Morgan fingerprint density at radius 1 is 1.00 bits per heavy atom. The molecule has 1 amide bonds. The SMILES string of the molecule is C=CCN1CCN(CC(=O)N2CCCC2)CC1. The summed E-state index contributed by atoms with van der Waals surface area (Å²) >= 11 is 0. The van der Waals surface area contributed by atoms with Crippen LogP contribution in [0.5, 0.6) is 0 Å². The van der Waals surface area contributed by atoms with Crippen LogP contribution >= 0.6 is 0 Å². The summed E-state index contributed by atoms with van der Waals surface area (Å²) in [5.74, 6) is 0.319. The van der Waals surface area contributed by atoms with E-state index in [9.17, 15) is 4.79 Å². The number of amides is 1. The van der Waals surface area contributed by atoms with Crippen LogP contribution in [0.25, 0.3) is 0 Å². The average molecular weight is 237 g/mol. The van der Waals surface area contributed by atoms with Crippen LogP contribution in [0, 0.1) is 0 Å². The maximum absolute atomic E-state index is 12.0. The first-order chi connectivity index (χ1) is 8.29. The standard InChI is InChI=1S/C13H23N3O/c1-2-5-14-8-10-15(11-9-14)12-13(17)16-6-3-4-7-16/h2H,1,3-12H2. The van der Waals surface area contributed by atoms with Crippen LogP contribution in [0.1, 0.15) is 12.8 Å². The van der Waals surface area contributed by atoms with Crippen molar-refractivity contribution in [2.75, 3.05) is 52.4 Å². The zero-order valence-corrected chi connectivity index (χ0v) is 10.6. The highest BCUT2D eigenvalue weighted by molar-refractivity contribution is 5.78. The van der Waals surface area contributed by atoms with Gasteiger partial charge in [0.25, 0.3) is 0 Å². The first-order valence-corrected chi connectivity index (χ1v) is 6.63. The second-order valence-electron chi connectivity index (χ2n) is 4.95. The molecular weight excluding hydrogens is 214 g/mol. The number of nitrogens with zero attached hydrogens (tertiary/aromatic N) is 3. The van der Waals surface area contributed by atoms with Crippen molar-refractivity contribution < 1.29 is 4.79 Å². The number of rotatable bonds is 4. The maximum Gasteiger partial charge on any atom is 0.236 e. The fourth-order valence-electron chi connectivity index (χ4n) is 2.57. The molecule has 2 fully saturated rings. The molecular formula is C13H23N3O. The molecule has 2 heterocycles. The first-order valence-electron chi connectivity index (χ1n) is 6.63. The summed E-state index contributed by atoms with van der Waals surface area (Å²) in [4.78, 5) is 18.6. The van der Waals surface area contributed by atoms with Crippen LogP contribution in [-0.2, 0) is 4.79 Å². The Kier molecular flexibility index (Phi) is 4.57. The Morgan fingerprint density at radius 2 is 1.59 bits per heavy atom. The lowest BCUT2D eigenvalue weighted by Gasteiger charge is -2.34. The second kappa shape index (κ2) is 6.17. The quantitative estimate of drug-likeness (QED) is 0.663. The highest BCUT2D eigenvalue weighted by atomic mass is 16.2. The molecule has 0 aliphatic carbocycles. The molecule has 0 radical (unpaired) electrons. The van der Waals surface area contributed by atoms with Gasteiger partial charge in [-0.2, -0.15) is 0 Å². The van der Waals surface area contributed by atoms with Gasteiger partial charge in [0.1, 0.15) is 0 Å². The molecule has 0 bridgehead atoms. The normalized spacial score (nSPS) is 22.9. The molecule has 0 saturated carbocycles. The zero-order valence-electron chi connectivity index (χ0n) is 10.6. The largest absolute Gasteiger partial charge is 0.342 e. The molecule has 17 heavy (non-hydrogen) atoms. The fraction of sp³-hybridized carbons (Fsp3) is 0.769. The summed E-state index contributed by atoms with van der Waals surface area (Å²) in [5.41, 5.74) is 0. The van der Waals surface area contributed by atoms with Gasteiger partial charge in [0.15, 0.2) is 0 Å². The summed E-state index contributed by atoms with van der Waals surface area (Å²) < 4.78 is 0. The van der Waals surface area contributed by atoms with Gasteiger partial charge in [-0.25, -0.2) is 0 Å². The summed E-state index contributed by atoms with van der Waals surface area (Å²) in [7, 11) is 0. The van der Waals surface area contributed by atoms with E-state index >= 15 is 0 Å². The molecule has 0 aromatic rings. The van der Waals surface area contributed by atoms with Crippen LogP contribution in [0.2, 0.25) is 0 Å². The van der Waals surface area contributed by atoms with Gasteiger partial charge in [0.2, 0.25) is 5.91 Å². The number of likely N-dealkylation sites (tertiary alicyclic amines) is 1. The van der Waals surface area contributed by atoms with Crippen molar-refractivity contribution >= 4 is 5.91 Å². The minimum Gasteiger partial charge on any atom is -0.342 e. The van der Waals surface area contributed by atoms with Gasteiger partial charge in [-0.1, -0.05) is 6.08 Å². The summed E-state index contributed by atoms with van der Waals surface area (Å²) in [6.45, 7) is 11.4. The van der Waals surface area contributed by atoms with E-state index in [4.69, 9.17) is 0 Å². The minimum absolute atomic E-state index is 0.319. The Hall–Kier alpha value is -0.870. The third-order valence-electron chi connectivity index (χ3n) is 3.67. The maximum atomic E-state index is 12.0. The van der Waals surface area contributed by atoms with E-state index in [2.05, 4.69) is 16.4 Å². The molecule has 2 saturated heterocycles. The van der Waals surface area contributed by atoms with Gasteiger partial charge in [-0.3, -0.25) is 14.6 Å². The van der Waals surface area contributed by atoms with Crippen molar-refractivity contribution in [3.8, 4) is 0 Å². The number of carbonyl (C=O) groups excluding carboxylic acids is 1. The fourth-order valence-corrected chi connectivity index (χ4v) is 2.57. The molecule has 0 aromatic heterocycles. The van der Waals surface area contributed by atoms with E-state index in [1.807, 2.05) is 11.0 Å². The Morgan fingerprint density at radius 3 is 2.18 bits per heavy atom. The lowest BCUT2D eigenvalue weighted by atomic mass is 10.3. The van der Waals surface area contributed by atoms with Crippen LogP contribution in [-0.4, -0.2) is 73.0 Å². The Balaban J connectivity index is 1.70. The van der Waals surface area contributed by atoms with Crippen molar-refractivity contribution in [3.05, 3.63) is 12.7 Å². The van der Waals surface area contributed by atoms with E-state index in [1.54, 1.807) is 0 Å². The molecule has 0 unspecified atom stereocenters. The van der Waals surface area contributed by atoms with E-state index in [0.717, 1.165) is 45.8 Å². The van der Waals surface area contributed by atoms with Gasteiger partial charge in [0, 0.05) is 45.8 Å². The summed E-state index contributed by atoms with van der Waals surface area (Å²) in [6, 6.07) is 0. The van der Waals surface area contributed by atoms with Gasteiger partial charge >= 0.3 is 0 Å². The highest BCUT2D eigenvalue weighted by Gasteiger charge is 2.22. The average Bonchev–Trinajstić information content (AvgIpc) is 2.86. The molecule has 0 spiro atoms. The number of hydrogen-bond acceptors (Lipinski definition) is 3. The molecule has 2 aliphatic rings. The van der Waals surface area contributed by atoms with Gasteiger partial charge in [-0.05, 0) is 12.8 Å². The molecule has 0 aromatic carbocycles. The highest BCUT2D eigenvalue weighted by Crippen LogP contribution is 2.09. The number of carbonyl (C=O) groups is 1. The van der Waals surface area contributed by atoms with Gasteiger partial charge in [0.05, 0.1) is 6.54 Å². The van der Waals surface area contributed by atoms with Crippen molar-refractivity contribution in [1.29, 1.82) is 0 Å². The summed E-state index contributed by atoms with van der Waals surface area (Å²) in [6.07, 6.45) is 4.31. The van der Waals surface area contributed by atoms with Crippen molar-refractivity contribution in [1.82, 2.24) is 14.7 Å². The Labute approximate surface area is 104 Å². The molecule has 2 rings (SSSR count). The number of hydrogen-bond donors (Lipinski definition) is 0. The smallest absolute Gasteiger partial charge is 0.236 e. The van der Waals surface area contributed by atoms with Crippen molar-refractivity contribution in [3.63, 3.8) is 0 Å². The lowest BCUT2D eigenvalue weighted by Crippen LogP contribution is -2.49. The minimum atomic E-state index is 0.319. The van der Waals surface area contributed by atoms with E-state index in [0.29, 0.717) is 12.5 Å². The van der Waals surface area contributed by atoms with Gasteiger partial charge in [-0.15, -0.1) is 6.58 Å². The second-order valence-corrected chi connectivity index (χ2v) is 4.95. The Bertz CT molecular complexity index is 266. The van der Waals surface area contributed by atoms with Crippen LogP contribution in [0.3, 0.4) is 0 Å². The van der Waals surface area contributed by atoms with Crippen LogP contribution in [0.4, 0.5) is 0 Å². The molecule has 4 nitrogen and oxygen atoms in total. The predicted molar refractivity (Wildman–Crippen MR) is 68.9 cm³/mol. The monoisotopic (exact) mass is 237 g/mol. The predicted octanol–water partition coefficient (Wildman–Crippen LogP) is 0.412. The summed E-state index contributed by atoms with van der Waals surface area (Å²) in [5, 5.41) is 0. The van der Waals surface area contributed by atoms with E-state index < -0.39 is 0 Å². The molecule has 2 aliphatic heterocycles. The first kappa shape index (κ1) is 12.6. The third kappa shape index (κ3) is 3.54. The van der Waals surface area contributed by atoms with Crippen molar-refractivity contribution in [2.24, 2.45) is 0 Å². The molecule has 96 valence electrons. The van der Waals surface area contributed by atoms with E-state index in [-0.39, 0.29) is 0 Å². The zero-order chi connectivity index (χ0) is 12.1. The van der Waals surface area contributed by atoms with Gasteiger partial charge < -0.3 is 4.90 Å². The van der Waals surface area contributed by atoms with Crippen molar-refractivity contribution in [2.45, 2.75) is 12.8 Å². The lowest BCUT2D eigenvalue weighted by molar-refractivity contribution is -0.131. The molecule has 0 N–H and O–H groups in total.